The highest BCUT2D eigenvalue weighted by Gasteiger charge is 2.38. The standard InChI is InChI=1S/C24H39NO2/c1-20(25-15-2-3-16-25)18-27-23-8-13-24(14-9-23)11-6-21(7-12-24)4-5-22-10-17-26-19-22/h10,17,19-21,23H,2-9,11-16,18H2,1H3. The summed E-state index contributed by atoms with van der Waals surface area (Å²) in [5.41, 5.74) is 2.03. The van der Waals surface area contributed by atoms with Crippen molar-refractivity contribution in [2.45, 2.75) is 96.1 Å². The predicted octanol–water partition coefficient (Wildman–Crippen LogP) is 5.83. The van der Waals surface area contributed by atoms with Crippen LogP contribution < -0.4 is 0 Å². The maximum Gasteiger partial charge on any atom is 0.0934 e. The summed E-state index contributed by atoms with van der Waals surface area (Å²) >= 11 is 0. The molecule has 3 aliphatic rings. The Kier molecular flexibility index (Phi) is 6.60. The molecule has 1 saturated heterocycles. The molecule has 1 aromatic heterocycles. The zero-order valence-corrected chi connectivity index (χ0v) is 17.3. The minimum atomic E-state index is 0.527. The van der Waals surface area contributed by atoms with Crippen molar-refractivity contribution in [3.05, 3.63) is 24.2 Å². The molecule has 1 aliphatic heterocycles. The summed E-state index contributed by atoms with van der Waals surface area (Å²) in [4.78, 5) is 2.61. The summed E-state index contributed by atoms with van der Waals surface area (Å²) in [6.45, 7) is 5.84. The molecule has 0 radical (unpaired) electrons. The summed E-state index contributed by atoms with van der Waals surface area (Å²) in [5, 5.41) is 0. The van der Waals surface area contributed by atoms with E-state index in [9.17, 15) is 0 Å². The Labute approximate surface area is 165 Å². The van der Waals surface area contributed by atoms with Gasteiger partial charge in [-0.1, -0.05) is 0 Å². The zero-order valence-electron chi connectivity index (χ0n) is 17.3. The van der Waals surface area contributed by atoms with Crippen LogP contribution in [0.25, 0.3) is 0 Å². The largest absolute Gasteiger partial charge is 0.472 e. The average molecular weight is 374 g/mol. The lowest BCUT2D eigenvalue weighted by Gasteiger charge is -2.45. The van der Waals surface area contributed by atoms with Crippen molar-refractivity contribution < 1.29 is 9.15 Å². The van der Waals surface area contributed by atoms with E-state index in [0.29, 0.717) is 17.6 Å². The van der Waals surface area contributed by atoms with Crippen LogP contribution in [-0.2, 0) is 11.2 Å². The van der Waals surface area contributed by atoms with Gasteiger partial charge in [-0.05, 0) is 120 Å². The van der Waals surface area contributed by atoms with Crippen molar-refractivity contribution in [3.8, 4) is 0 Å². The van der Waals surface area contributed by atoms with Crippen LogP contribution in [0.15, 0.2) is 23.0 Å². The molecular formula is C24H39NO2. The molecule has 4 rings (SSSR count). The lowest BCUT2D eigenvalue weighted by Crippen LogP contribution is -2.38. The maximum atomic E-state index is 6.34. The van der Waals surface area contributed by atoms with E-state index < -0.39 is 0 Å². The van der Waals surface area contributed by atoms with Crippen LogP contribution >= 0.6 is 0 Å². The number of rotatable bonds is 7. The monoisotopic (exact) mass is 373 g/mol. The SMILES string of the molecule is CC(COC1CCC2(CCC(CCc3ccoc3)CC2)CC1)N1CCCC1. The topological polar surface area (TPSA) is 25.6 Å². The number of ether oxygens (including phenoxy) is 1. The first-order valence-electron chi connectivity index (χ1n) is 11.6. The third-order valence-corrected chi connectivity index (χ3v) is 7.92. The van der Waals surface area contributed by atoms with Crippen molar-refractivity contribution >= 4 is 0 Å². The molecule has 1 unspecified atom stereocenters. The van der Waals surface area contributed by atoms with Crippen LogP contribution in [-0.4, -0.2) is 36.7 Å². The van der Waals surface area contributed by atoms with Crippen LogP contribution in [0.2, 0.25) is 0 Å². The van der Waals surface area contributed by atoms with E-state index in [2.05, 4.69) is 17.9 Å². The van der Waals surface area contributed by atoms with Gasteiger partial charge in [0.05, 0.1) is 25.2 Å². The smallest absolute Gasteiger partial charge is 0.0934 e. The summed E-state index contributed by atoms with van der Waals surface area (Å²) < 4.78 is 11.5. The number of nitrogens with zero attached hydrogens (tertiary/aromatic N) is 1. The van der Waals surface area contributed by atoms with Gasteiger partial charge in [0.2, 0.25) is 0 Å². The lowest BCUT2D eigenvalue weighted by atomic mass is 9.62. The Balaban J connectivity index is 1.14. The van der Waals surface area contributed by atoms with Gasteiger partial charge >= 0.3 is 0 Å². The van der Waals surface area contributed by atoms with Gasteiger partial charge in [0, 0.05) is 6.04 Å². The minimum absolute atomic E-state index is 0.527. The number of furan rings is 1. The highest BCUT2D eigenvalue weighted by molar-refractivity contribution is 5.05. The van der Waals surface area contributed by atoms with E-state index in [1.165, 1.54) is 95.7 Å². The van der Waals surface area contributed by atoms with Crippen LogP contribution in [0, 0.1) is 11.3 Å². The molecule has 0 aromatic carbocycles. The van der Waals surface area contributed by atoms with Crippen molar-refractivity contribution in [2.75, 3.05) is 19.7 Å². The summed E-state index contributed by atoms with van der Waals surface area (Å²) in [6, 6.07) is 2.73. The fourth-order valence-corrected chi connectivity index (χ4v) is 5.82. The quantitative estimate of drug-likeness (QED) is 0.601. The fourth-order valence-electron chi connectivity index (χ4n) is 5.82. The highest BCUT2D eigenvalue weighted by atomic mass is 16.5. The third kappa shape index (κ3) is 5.17. The minimum Gasteiger partial charge on any atom is -0.472 e. The zero-order chi connectivity index (χ0) is 18.5. The van der Waals surface area contributed by atoms with E-state index in [-0.39, 0.29) is 0 Å². The van der Waals surface area contributed by atoms with Gasteiger partial charge in [0.25, 0.3) is 0 Å². The Morgan fingerprint density at radius 3 is 2.48 bits per heavy atom. The van der Waals surface area contributed by atoms with Crippen LogP contribution in [0.1, 0.15) is 83.1 Å². The Morgan fingerprint density at radius 1 is 1.11 bits per heavy atom. The van der Waals surface area contributed by atoms with Crippen molar-refractivity contribution in [1.29, 1.82) is 0 Å². The molecule has 1 atom stereocenters. The second kappa shape index (κ2) is 9.13. The van der Waals surface area contributed by atoms with Crippen LogP contribution in [0.3, 0.4) is 0 Å². The third-order valence-electron chi connectivity index (χ3n) is 7.92. The molecule has 3 fully saturated rings. The number of aryl methyl sites for hydroxylation is 1. The molecular weight excluding hydrogens is 334 g/mol. The van der Waals surface area contributed by atoms with Gasteiger partial charge in [0.1, 0.15) is 0 Å². The van der Waals surface area contributed by atoms with E-state index >= 15 is 0 Å². The van der Waals surface area contributed by atoms with Gasteiger partial charge in [0.15, 0.2) is 0 Å². The highest BCUT2D eigenvalue weighted by Crippen LogP contribution is 2.50. The predicted molar refractivity (Wildman–Crippen MR) is 110 cm³/mol. The Bertz CT molecular complexity index is 531. The number of hydrogen-bond donors (Lipinski definition) is 0. The molecule has 1 aromatic rings. The van der Waals surface area contributed by atoms with Gasteiger partial charge in [-0.25, -0.2) is 0 Å². The normalized spacial score (nSPS) is 33.5. The lowest BCUT2D eigenvalue weighted by molar-refractivity contribution is -0.0350. The van der Waals surface area contributed by atoms with Crippen molar-refractivity contribution in [2.24, 2.45) is 11.3 Å². The average Bonchev–Trinajstić information content (AvgIpc) is 3.41. The molecule has 3 nitrogen and oxygen atoms in total. The van der Waals surface area contributed by atoms with Gasteiger partial charge in [-0.3, -0.25) is 4.90 Å². The molecule has 0 bridgehead atoms. The van der Waals surface area contributed by atoms with Crippen molar-refractivity contribution in [1.82, 2.24) is 4.90 Å². The summed E-state index contributed by atoms with van der Waals surface area (Å²) in [5.74, 6) is 0.931. The van der Waals surface area contributed by atoms with E-state index in [1.54, 1.807) is 6.26 Å². The van der Waals surface area contributed by atoms with E-state index in [4.69, 9.17) is 9.15 Å². The van der Waals surface area contributed by atoms with E-state index in [0.717, 1.165) is 12.5 Å². The molecule has 27 heavy (non-hydrogen) atoms. The van der Waals surface area contributed by atoms with Gasteiger partial charge in [-0.2, -0.15) is 0 Å². The second-order valence-electron chi connectivity index (χ2n) is 9.74. The first kappa shape index (κ1) is 19.5. The Morgan fingerprint density at radius 2 is 1.81 bits per heavy atom. The first-order valence-corrected chi connectivity index (χ1v) is 11.6. The molecule has 2 saturated carbocycles. The summed E-state index contributed by atoms with van der Waals surface area (Å²) in [6.07, 6.45) is 20.7. The Hall–Kier alpha value is -0.800. The molecule has 152 valence electrons. The number of hydrogen-bond acceptors (Lipinski definition) is 3. The molecule has 3 heteroatoms. The van der Waals surface area contributed by atoms with Crippen LogP contribution in [0.5, 0.6) is 0 Å². The molecule has 1 spiro atoms. The van der Waals surface area contributed by atoms with Crippen molar-refractivity contribution in [3.63, 3.8) is 0 Å². The number of likely N-dealkylation sites (tertiary alicyclic amines) is 1. The van der Waals surface area contributed by atoms with Crippen LogP contribution in [0.4, 0.5) is 0 Å². The fraction of sp³-hybridized carbons (Fsp3) is 0.833. The second-order valence-corrected chi connectivity index (χ2v) is 9.74. The first-order chi connectivity index (χ1) is 13.2. The van der Waals surface area contributed by atoms with Gasteiger partial charge < -0.3 is 9.15 Å². The summed E-state index contributed by atoms with van der Waals surface area (Å²) in [7, 11) is 0. The van der Waals surface area contributed by atoms with E-state index in [1.807, 2.05) is 6.26 Å². The molecule has 2 heterocycles. The molecule has 0 amide bonds. The molecule has 0 N–H and O–H groups in total. The maximum absolute atomic E-state index is 6.34. The molecule has 2 aliphatic carbocycles. The van der Waals surface area contributed by atoms with Gasteiger partial charge in [-0.15, -0.1) is 0 Å².